The Kier molecular flexibility index (Phi) is 3.33. The van der Waals surface area contributed by atoms with Crippen molar-refractivity contribution in [3.63, 3.8) is 0 Å². The molecule has 94 valence electrons. The summed E-state index contributed by atoms with van der Waals surface area (Å²) in [5.41, 5.74) is 12.0. The number of piperidine rings is 1. The van der Waals surface area contributed by atoms with Crippen molar-refractivity contribution in [3.05, 3.63) is 17.8 Å². The lowest BCUT2D eigenvalue weighted by Gasteiger charge is -2.35. The number of pyridine rings is 1. The average Bonchev–Trinajstić information content (AvgIpc) is 2.39. The van der Waals surface area contributed by atoms with Crippen LogP contribution in [0.5, 0.6) is 0 Å². The van der Waals surface area contributed by atoms with Crippen LogP contribution < -0.4 is 16.4 Å². The molecule has 0 spiro atoms. The number of nitriles is 1. The van der Waals surface area contributed by atoms with Crippen molar-refractivity contribution in [2.45, 2.75) is 25.3 Å². The Morgan fingerprint density at radius 1 is 1.56 bits per heavy atom. The highest BCUT2D eigenvalue weighted by molar-refractivity contribution is 5.85. The third kappa shape index (κ3) is 2.07. The lowest BCUT2D eigenvalue weighted by molar-refractivity contribution is -0.119. The summed E-state index contributed by atoms with van der Waals surface area (Å²) in [7, 11) is 0. The minimum absolute atomic E-state index is 0.313. The van der Waals surface area contributed by atoms with Crippen molar-refractivity contribution in [1.82, 2.24) is 4.98 Å². The number of nitrogens with zero attached hydrogens (tertiary/aromatic N) is 3. The molecule has 0 aliphatic carbocycles. The summed E-state index contributed by atoms with van der Waals surface area (Å²) in [5.74, 6) is 0.107. The van der Waals surface area contributed by atoms with E-state index in [4.69, 9.17) is 16.7 Å². The molecule has 1 aromatic heterocycles. The second-order valence-electron chi connectivity index (χ2n) is 4.31. The molecular formula is C12H15N5O. The van der Waals surface area contributed by atoms with Gasteiger partial charge in [-0.15, -0.1) is 0 Å². The van der Waals surface area contributed by atoms with E-state index in [0.29, 0.717) is 30.0 Å². The Balaban J connectivity index is 2.40. The van der Waals surface area contributed by atoms with E-state index < -0.39 is 0 Å². The number of carbonyl (C=O) groups excluding carboxylic acids is 1. The molecule has 0 radical (unpaired) electrons. The van der Waals surface area contributed by atoms with Crippen molar-refractivity contribution < 1.29 is 4.79 Å². The number of amides is 1. The lowest BCUT2D eigenvalue weighted by Crippen LogP contribution is -2.48. The molecule has 0 aromatic carbocycles. The van der Waals surface area contributed by atoms with Crippen LogP contribution in [-0.4, -0.2) is 23.5 Å². The van der Waals surface area contributed by atoms with Crippen LogP contribution in [0.2, 0.25) is 0 Å². The highest BCUT2D eigenvalue weighted by Gasteiger charge is 2.29. The molecule has 1 saturated heterocycles. The van der Waals surface area contributed by atoms with Gasteiger partial charge in [0.1, 0.15) is 12.1 Å². The third-order valence-electron chi connectivity index (χ3n) is 3.19. The number of rotatable bonds is 2. The first-order valence-corrected chi connectivity index (χ1v) is 5.85. The van der Waals surface area contributed by atoms with Crippen LogP contribution in [0.1, 0.15) is 24.8 Å². The Morgan fingerprint density at radius 2 is 2.33 bits per heavy atom. The van der Waals surface area contributed by atoms with Crippen molar-refractivity contribution in [3.8, 4) is 6.07 Å². The number of aromatic nitrogens is 1. The van der Waals surface area contributed by atoms with Gasteiger partial charge in [-0.1, -0.05) is 0 Å². The highest BCUT2D eigenvalue weighted by Crippen LogP contribution is 2.29. The topological polar surface area (TPSA) is 109 Å². The van der Waals surface area contributed by atoms with Gasteiger partial charge in [-0.3, -0.25) is 4.79 Å². The minimum Gasteiger partial charge on any atom is -0.395 e. The molecule has 6 nitrogen and oxygen atoms in total. The van der Waals surface area contributed by atoms with Crippen molar-refractivity contribution >= 4 is 17.4 Å². The van der Waals surface area contributed by atoms with E-state index >= 15 is 0 Å². The van der Waals surface area contributed by atoms with Gasteiger partial charge >= 0.3 is 0 Å². The highest BCUT2D eigenvalue weighted by atomic mass is 16.1. The molecule has 1 amide bonds. The molecule has 1 fully saturated rings. The fourth-order valence-electron chi connectivity index (χ4n) is 2.27. The number of hydrogen-bond donors (Lipinski definition) is 2. The van der Waals surface area contributed by atoms with Gasteiger partial charge in [0.2, 0.25) is 5.91 Å². The first-order valence-electron chi connectivity index (χ1n) is 5.85. The first kappa shape index (κ1) is 12.2. The Morgan fingerprint density at radius 3 is 3.00 bits per heavy atom. The molecule has 1 aliphatic heterocycles. The second kappa shape index (κ2) is 4.92. The molecule has 1 aromatic rings. The molecule has 0 bridgehead atoms. The van der Waals surface area contributed by atoms with E-state index in [1.165, 1.54) is 6.20 Å². The van der Waals surface area contributed by atoms with Crippen LogP contribution in [0.25, 0.3) is 0 Å². The third-order valence-corrected chi connectivity index (χ3v) is 3.19. The van der Waals surface area contributed by atoms with Crippen LogP contribution in [0.15, 0.2) is 12.3 Å². The fourth-order valence-corrected chi connectivity index (χ4v) is 2.27. The summed E-state index contributed by atoms with van der Waals surface area (Å²) in [6.45, 7) is 0.680. The quantitative estimate of drug-likeness (QED) is 0.782. The average molecular weight is 245 g/mol. The molecule has 2 heterocycles. The zero-order chi connectivity index (χ0) is 13.1. The number of anilines is 2. The van der Waals surface area contributed by atoms with E-state index in [-0.39, 0.29) is 11.9 Å². The van der Waals surface area contributed by atoms with Crippen LogP contribution in [0, 0.1) is 11.3 Å². The van der Waals surface area contributed by atoms with Crippen LogP contribution in [-0.2, 0) is 4.79 Å². The molecular weight excluding hydrogens is 230 g/mol. The van der Waals surface area contributed by atoms with Crippen LogP contribution in [0.4, 0.5) is 11.5 Å². The Bertz CT molecular complexity index is 508. The largest absolute Gasteiger partial charge is 0.395 e. The standard InChI is InChI=1S/C12H15N5O/c13-7-8-4-5-16-12(10(8)14)17-6-2-1-3-9(17)11(15)18/h4-5,9H,1-3,6,14H2,(H2,15,18). The number of nitrogens with two attached hydrogens (primary N) is 2. The van der Waals surface area contributed by atoms with Gasteiger partial charge in [-0.05, 0) is 25.3 Å². The molecule has 1 aliphatic rings. The summed E-state index contributed by atoms with van der Waals surface area (Å²) in [6, 6.07) is 3.18. The molecule has 0 saturated carbocycles. The second-order valence-corrected chi connectivity index (χ2v) is 4.31. The lowest BCUT2D eigenvalue weighted by atomic mass is 10.0. The van der Waals surface area contributed by atoms with E-state index in [0.717, 1.165) is 12.8 Å². The maximum Gasteiger partial charge on any atom is 0.240 e. The monoisotopic (exact) mass is 245 g/mol. The molecule has 6 heteroatoms. The SMILES string of the molecule is N#Cc1ccnc(N2CCCCC2C(N)=O)c1N. The number of hydrogen-bond acceptors (Lipinski definition) is 5. The van der Waals surface area contributed by atoms with Gasteiger partial charge in [0.05, 0.1) is 11.3 Å². The van der Waals surface area contributed by atoms with Gasteiger partial charge in [-0.2, -0.15) is 5.26 Å². The zero-order valence-corrected chi connectivity index (χ0v) is 9.97. The number of primary amides is 1. The number of carbonyl (C=O) groups is 1. The Hall–Kier alpha value is -2.29. The van der Waals surface area contributed by atoms with Crippen molar-refractivity contribution in [2.75, 3.05) is 17.2 Å². The summed E-state index contributed by atoms with van der Waals surface area (Å²) >= 11 is 0. The number of nitrogen functional groups attached to an aromatic ring is 1. The van der Waals surface area contributed by atoms with E-state index in [2.05, 4.69) is 4.98 Å². The van der Waals surface area contributed by atoms with Crippen LogP contribution in [0.3, 0.4) is 0 Å². The van der Waals surface area contributed by atoms with Crippen molar-refractivity contribution in [1.29, 1.82) is 5.26 Å². The Labute approximate surface area is 105 Å². The molecule has 2 rings (SSSR count). The normalized spacial score (nSPS) is 19.3. The molecule has 4 N–H and O–H groups in total. The van der Waals surface area contributed by atoms with Crippen LogP contribution >= 0.6 is 0 Å². The van der Waals surface area contributed by atoms with Gasteiger partial charge in [-0.25, -0.2) is 4.98 Å². The predicted octanol–water partition coefficient (Wildman–Crippen LogP) is 0.380. The maximum absolute atomic E-state index is 11.5. The minimum atomic E-state index is -0.387. The summed E-state index contributed by atoms with van der Waals surface area (Å²) in [5, 5.41) is 8.95. The van der Waals surface area contributed by atoms with Gasteiger partial charge in [0.15, 0.2) is 5.82 Å². The fraction of sp³-hybridized carbons (Fsp3) is 0.417. The molecule has 1 unspecified atom stereocenters. The molecule has 1 atom stereocenters. The zero-order valence-electron chi connectivity index (χ0n) is 9.97. The van der Waals surface area contributed by atoms with E-state index in [1.54, 1.807) is 6.07 Å². The first-order chi connectivity index (χ1) is 8.65. The summed E-state index contributed by atoms with van der Waals surface area (Å²) in [6.07, 6.45) is 4.15. The predicted molar refractivity (Wildman–Crippen MR) is 67.5 cm³/mol. The maximum atomic E-state index is 11.5. The molecule has 18 heavy (non-hydrogen) atoms. The van der Waals surface area contributed by atoms with Crippen molar-refractivity contribution in [2.24, 2.45) is 5.73 Å². The van der Waals surface area contributed by atoms with Gasteiger partial charge < -0.3 is 16.4 Å². The van der Waals surface area contributed by atoms with Gasteiger partial charge in [0.25, 0.3) is 0 Å². The van der Waals surface area contributed by atoms with E-state index in [9.17, 15) is 4.79 Å². The van der Waals surface area contributed by atoms with E-state index in [1.807, 2.05) is 11.0 Å². The summed E-state index contributed by atoms with van der Waals surface area (Å²) < 4.78 is 0. The van der Waals surface area contributed by atoms with Gasteiger partial charge in [0, 0.05) is 12.7 Å². The smallest absolute Gasteiger partial charge is 0.240 e. The summed E-state index contributed by atoms with van der Waals surface area (Å²) in [4.78, 5) is 17.4.